The number of hydrogen-bond donors (Lipinski definition) is 2. The molecule has 0 bridgehead atoms. The molecule has 0 radical (unpaired) electrons. The summed E-state index contributed by atoms with van der Waals surface area (Å²) in [7, 11) is 0. The molecule has 8 heteroatoms. The van der Waals surface area contributed by atoms with Gasteiger partial charge in [0, 0.05) is 17.5 Å². The number of nitrogens with zero attached hydrogens (tertiary/aromatic N) is 3. The first-order valence-electron chi connectivity index (χ1n) is 7.60. The summed E-state index contributed by atoms with van der Waals surface area (Å²) < 4.78 is 0. The molecule has 8 nitrogen and oxygen atoms in total. The minimum Gasteiger partial charge on any atom is -0.364 e. The molecular weight excluding hydrogens is 322 g/mol. The number of ketones is 3. The average Bonchev–Trinajstić information content (AvgIpc) is 3.27. The van der Waals surface area contributed by atoms with Gasteiger partial charge in [0.1, 0.15) is 0 Å². The van der Waals surface area contributed by atoms with Gasteiger partial charge in [0.05, 0.1) is 6.42 Å². The quantitative estimate of drug-likeness (QED) is 0.495. The van der Waals surface area contributed by atoms with Crippen LogP contribution in [0.5, 0.6) is 0 Å². The Bertz CT molecular complexity index is 910. The van der Waals surface area contributed by atoms with Gasteiger partial charge < -0.3 is 4.98 Å². The van der Waals surface area contributed by atoms with Crippen LogP contribution >= 0.6 is 0 Å². The first-order valence-corrected chi connectivity index (χ1v) is 7.60. The van der Waals surface area contributed by atoms with Gasteiger partial charge in [0.25, 0.3) is 5.78 Å². The topological polar surface area (TPSA) is 121 Å². The SMILES string of the molecule is CC(=O)c1ccc(Cc2c[nH]c(CC(=O)C(=O)c3nn[nH]n3)c2)cc1. The second-order valence-electron chi connectivity index (χ2n) is 5.63. The number of H-pyrrole nitrogens is 2. The van der Waals surface area contributed by atoms with Crippen LogP contribution in [0.3, 0.4) is 0 Å². The van der Waals surface area contributed by atoms with E-state index >= 15 is 0 Å². The van der Waals surface area contributed by atoms with Crippen LogP contribution < -0.4 is 0 Å². The van der Waals surface area contributed by atoms with Gasteiger partial charge in [-0.3, -0.25) is 14.4 Å². The summed E-state index contributed by atoms with van der Waals surface area (Å²) in [6.07, 6.45) is 2.39. The van der Waals surface area contributed by atoms with E-state index in [1.54, 1.807) is 18.3 Å². The molecule has 3 aromatic rings. The number of hydrogen-bond acceptors (Lipinski definition) is 6. The zero-order chi connectivity index (χ0) is 17.8. The van der Waals surface area contributed by atoms with E-state index in [4.69, 9.17) is 0 Å². The van der Waals surface area contributed by atoms with Crippen molar-refractivity contribution >= 4 is 17.3 Å². The van der Waals surface area contributed by atoms with E-state index in [-0.39, 0.29) is 18.0 Å². The van der Waals surface area contributed by atoms with Crippen molar-refractivity contribution in [3.8, 4) is 0 Å². The van der Waals surface area contributed by atoms with Crippen LogP contribution in [0.4, 0.5) is 0 Å². The van der Waals surface area contributed by atoms with Crippen LogP contribution in [-0.4, -0.2) is 43.0 Å². The second-order valence-corrected chi connectivity index (χ2v) is 5.63. The van der Waals surface area contributed by atoms with Crippen LogP contribution in [0.1, 0.15) is 44.7 Å². The standard InChI is InChI=1S/C17H15N5O3/c1-10(23)13-4-2-11(3-5-13)6-12-7-14(18-9-12)8-15(24)16(25)17-19-21-22-20-17/h2-5,7,9,18H,6,8H2,1H3,(H,19,20,21,22). The first-order chi connectivity index (χ1) is 12.0. The number of aromatic amines is 2. The van der Waals surface area contributed by atoms with E-state index in [9.17, 15) is 14.4 Å². The normalized spacial score (nSPS) is 10.6. The van der Waals surface area contributed by atoms with Gasteiger partial charge in [-0.25, -0.2) is 0 Å². The molecular formula is C17H15N5O3. The van der Waals surface area contributed by atoms with Crippen LogP contribution in [0.2, 0.25) is 0 Å². The Kier molecular flexibility index (Phi) is 4.60. The van der Waals surface area contributed by atoms with Crippen LogP contribution in [0.25, 0.3) is 0 Å². The molecule has 0 aliphatic heterocycles. The molecule has 0 aliphatic rings. The fraction of sp³-hybridized carbons (Fsp3) is 0.176. The lowest BCUT2D eigenvalue weighted by Crippen LogP contribution is -2.18. The summed E-state index contributed by atoms with van der Waals surface area (Å²) in [6.45, 7) is 1.53. The maximum Gasteiger partial charge on any atom is 0.269 e. The molecule has 3 rings (SSSR count). The molecule has 2 N–H and O–H groups in total. The monoisotopic (exact) mass is 337 g/mol. The summed E-state index contributed by atoms with van der Waals surface area (Å²) >= 11 is 0. The first kappa shape index (κ1) is 16.4. The molecule has 25 heavy (non-hydrogen) atoms. The Hall–Kier alpha value is -3.42. The average molecular weight is 337 g/mol. The molecule has 2 heterocycles. The van der Waals surface area contributed by atoms with Crippen molar-refractivity contribution < 1.29 is 14.4 Å². The van der Waals surface area contributed by atoms with E-state index in [0.717, 1.165) is 11.1 Å². The van der Waals surface area contributed by atoms with Crippen molar-refractivity contribution in [2.45, 2.75) is 19.8 Å². The van der Waals surface area contributed by atoms with Crippen LogP contribution in [0, 0.1) is 0 Å². The predicted octanol–water partition coefficient (Wildman–Crippen LogP) is 1.32. The summed E-state index contributed by atoms with van der Waals surface area (Å²) in [5.74, 6) is -1.59. The molecule has 0 atom stereocenters. The minimum atomic E-state index is -0.773. The van der Waals surface area contributed by atoms with Crippen molar-refractivity contribution in [1.29, 1.82) is 0 Å². The number of tetrazole rings is 1. The van der Waals surface area contributed by atoms with E-state index < -0.39 is 11.6 Å². The van der Waals surface area contributed by atoms with Crippen molar-refractivity contribution in [2.75, 3.05) is 0 Å². The van der Waals surface area contributed by atoms with Crippen LogP contribution in [0.15, 0.2) is 36.5 Å². The van der Waals surface area contributed by atoms with E-state index in [0.29, 0.717) is 17.7 Å². The van der Waals surface area contributed by atoms with Crippen molar-refractivity contribution in [1.82, 2.24) is 25.6 Å². The number of benzene rings is 1. The van der Waals surface area contributed by atoms with E-state index in [1.165, 1.54) is 6.92 Å². The van der Waals surface area contributed by atoms with Gasteiger partial charge in [-0.05, 0) is 35.8 Å². The highest BCUT2D eigenvalue weighted by atomic mass is 16.2. The zero-order valence-corrected chi connectivity index (χ0v) is 13.4. The fourth-order valence-electron chi connectivity index (χ4n) is 2.43. The Labute approximate surface area is 142 Å². The van der Waals surface area contributed by atoms with E-state index in [2.05, 4.69) is 25.6 Å². The predicted molar refractivity (Wildman–Crippen MR) is 87.3 cm³/mol. The Morgan fingerprint density at radius 3 is 2.48 bits per heavy atom. The molecule has 0 saturated carbocycles. The number of nitrogens with one attached hydrogen (secondary N) is 2. The lowest BCUT2D eigenvalue weighted by atomic mass is 10.0. The number of Topliss-reactive ketones (excluding diaryl/α,β-unsaturated/α-hetero) is 3. The highest BCUT2D eigenvalue weighted by molar-refractivity contribution is 6.42. The third-order valence-corrected chi connectivity index (χ3v) is 3.72. The number of aromatic nitrogens is 5. The second kappa shape index (κ2) is 7.00. The highest BCUT2D eigenvalue weighted by Gasteiger charge is 2.21. The lowest BCUT2D eigenvalue weighted by molar-refractivity contribution is -0.114. The largest absolute Gasteiger partial charge is 0.364 e. The van der Waals surface area contributed by atoms with Crippen molar-refractivity contribution in [3.05, 3.63) is 64.7 Å². The third-order valence-electron chi connectivity index (χ3n) is 3.72. The Balaban J connectivity index is 1.63. The van der Waals surface area contributed by atoms with Crippen LogP contribution in [-0.2, 0) is 17.6 Å². The molecule has 1 aromatic carbocycles. The maximum atomic E-state index is 12.0. The number of rotatable bonds is 7. The smallest absolute Gasteiger partial charge is 0.269 e. The molecule has 0 fully saturated rings. The van der Waals surface area contributed by atoms with Gasteiger partial charge in [0.2, 0.25) is 11.6 Å². The lowest BCUT2D eigenvalue weighted by Gasteiger charge is -2.00. The molecule has 0 amide bonds. The summed E-state index contributed by atoms with van der Waals surface area (Å²) in [6, 6.07) is 9.21. The minimum absolute atomic E-state index is 0.0280. The zero-order valence-electron chi connectivity index (χ0n) is 13.4. The van der Waals surface area contributed by atoms with Gasteiger partial charge in [0.15, 0.2) is 5.78 Å². The molecule has 2 aromatic heterocycles. The molecule has 0 saturated heterocycles. The third kappa shape index (κ3) is 3.92. The van der Waals surface area contributed by atoms with Gasteiger partial charge in [-0.2, -0.15) is 5.21 Å². The Morgan fingerprint density at radius 2 is 1.84 bits per heavy atom. The van der Waals surface area contributed by atoms with E-state index in [1.807, 2.05) is 18.2 Å². The summed E-state index contributed by atoms with van der Waals surface area (Å²) in [5.41, 5.74) is 3.33. The number of carbonyl (C=O) groups excluding carboxylic acids is 3. The summed E-state index contributed by atoms with van der Waals surface area (Å²) in [4.78, 5) is 38.1. The molecule has 0 spiro atoms. The maximum absolute atomic E-state index is 12.0. The van der Waals surface area contributed by atoms with Gasteiger partial charge in [-0.1, -0.05) is 24.3 Å². The van der Waals surface area contributed by atoms with Gasteiger partial charge in [-0.15, -0.1) is 10.2 Å². The highest BCUT2D eigenvalue weighted by Crippen LogP contribution is 2.13. The Morgan fingerprint density at radius 1 is 1.08 bits per heavy atom. The van der Waals surface area contributed by atoms with Crippen molar-refractivity contribution in [2.24, 2.45) is 0 Å². The van der Waals surface area contributed by atoms with Gasteiger partial charge >= 0.3 is 0 Å². The number of carbonyl (C=O) groups is 3. The fourth-order valence-corrected chi connectivity index (χ4v) is 2.43. The molecule has 126 valence electrons. The van der Waals surface area contributed by atoms with Crippen molar-refractivity contribution in [3.63, 3.8) is 0 Å². The summed E-state index contributed by atoms with van der Waals surface area (Å²) in [5, 5.41) is 12.4. The molecule has 0 unspecified atom stereocenters. The molecule has 0 aliphatic carbocycles.